The van der Waals surface area contributed by atoms with Crippen molar-refractivity contribution in [3.63, 3.8) is 0 Å². The first-order valence-corrected chi connectivity index (χ1v) is 5.96. The lowest BCUT2D eigenvalue weighted by Crippen LogP contribution is -2.52. The fraction of sp³-hybridized carbons (Fsp3) is 0.909. The number of carbonyl (C=O) groups is 1. The van der Waals surface area contributed by atoms with Gasteiger partial charge in [-0.3, -0.25) is 4.79 Å². The zero-order valence-corrected chi connectivity index (χ0v) is 10.3. The Kier molecular flexibility index (Phi) is 4.98. The molecule has 0 saturated heterocycles. The molecule has 1 saturated carbocycles. The number of amides is 1. The van der Waals surface area contributed by atoms with E-state index < -0.39 is 24.0 Å². The summed E-state index contributed by atoms with van der Waals surface area (Å²) in [6, 6.07) is 0. The Balaban J connectivity index is 2.28. The quantitative estimate of drug-likeness (QED) is 0.714. The Morgan fingerprint density at radius 3 is 2.67 bits per heavy atom. The lowest BCUT2D eigenvalue weighted by atomic mass is 9.97. The molecule has 0 aromatic heterocycles. The smallest absolute Gasteiger partial charge is 0.378 e. The minimum atomic E-state index is -4.14. The summed E-state index contributed by atoms with van der Waals surface area (Å²) >= 11 is 0. The van der Waals surface area contributed by atoms with Gasteiger partial charge in [-0.2, -0.15) is 13.2 Å². The van der Waals surface area contributed by atoms with Gasteiger partial charge in [0.1, 0.15) is 0 Å². The molecule has 1 fully saturated rings. The standard InChI is InChI=1S/C11H19F3N2O2/c1-16-10(9(15)17)5-3-8(7-10)18-6-2-4-11(12,13)14/h8,16H,2-7H2,1H3,(H2,15,17). The minimum absolute atomic E-state index is 0.0525. The molecule has 0 heterocycles. The Morgan fingerprint density at radius 2 is 2.22 bits per heavy atom. The first kappa shape index (κ1) is 15.2. The van der Waals surface area contributed by atoms with Gasteiger partial charge in [-0.15, -0.1) is 0 Å². The van der Waals surface area contributed by atoms with Crippen LogP contribution in [0.1, 0.15) is 32.1 Å². The third-order valence-corrected chi connectivity index (χ3v) is 3.38. The molecule has 4 nitrogen and oxygen atoms in total. The molecule has 0 aromatic rings. The zero-order valence-electron chi connectivity index (χ0n) is 10.3. The molecule has 1 aliphatic carbocycles. The molecule has 0 aliphatic heterocycles. The van der Waals surface area contributed by atoms with Crippen LogP contribution in [-0.2, 0) is 9.53 Å². The normalized spacial score (nSPS) is 28.6. The van der Waals surface area contributed by atoms with E-state index in [0.717, 1.165) is 0 Å². The Bertz CT molecular complexity index is 297. The maximum Gasteiger partial charge on any atom is 0.389 e. The van der Waals surface area contributed by atoms with E-state index in [4.69, 9.17) is 10.5 Å². The molecule has 2 unspecified atom stereocenters. The van der Waals surface area contributed by atoms with Crippen LogP contribution in [0.2, 0.25) is 0 Å². The summed E-state index contributed by atoms with van der Waals surface area (Å²) in [4.78, 5) is 11.3. The van der Waals surface area contributed by atoms with Crippen LogP contribution in [0, 0.1) is 0 Å². The molecule has 0 spiro atoms. The molecule has 18 heavy (non-hydrogen) atoms. The molecular weight excluding hydrogens is 249 g/mol. The fourth-order valence-corrected chi connectivity index (χ4v) is 2.24. The molecule has 0 bridgehead atoms. The van der Waals surface area contributed by atoms with Crippen LogP contribution in [-0.4, -0.2) is 37.4 Å². The summed E-state index contributed by atoms with van der Waals surface area (Å²) in [6.45, 7) is 0.0583. The van der Waals surface area contributed by atoms with Gasteiger partial charge < -0.3 is 15.8 Å². The second-order valence-corrected chi connectivity index (χ2v) is 4.65. The van der Waals surface area contributed by atoms with E-state index in [9.17, 15) is 18.0 Å². The van der Waals surface area contributed by atoms with Crippen molar-refractivity contribution in [2.24, 2.45) is 5.73 Å². The number of nitrogens with two attached hydrogens (primary N) is 1. The van der Waals surface area contributed by atoms with E-state index in [-0.39, 0.29) is 19.1 Å². The third-order valence-electron chi connectivity index (χ3n) is 3.38. The van der Waals surface area contributed by atoms with Gasteiger partial charge in [-0.1, -0.05) is 0 Å². The summed E-state index contributed by atoms with van der Waals surface area (Å²) < 4.78 is 41.1. The van der Waals surface area contributed by atoms with E-state index in [1.165, 1.54) is 0 Å². The summed E-state index contributed by atoms with van der Waals surface area (Å²) in [6.07, 6.45) is -3.61. The maximum absolute atomic E-state index is 11.9. The van der Waals surface area contributed by atoms with Gasteiger partial charge >= 0.3 is 6.18 Å². The number of carbonyl (C=O) groups excluding carboxylic acids is 1. The maximum atomic E-state index is 11.9. The van der Waals surface area contributed by atoms with E-state index in [1.54, 1.807) is 7.05 Å². The van der Waals surface area contributed by atoms with Crippen molar-refractivity contribution < 1.29 is 22.7 Å². The number of rotatable bonds is 6. The van der Waals surface area contributed by atoms with Crippen LogP contribution in [0.25, 0.3) is 0 Å². The number of nitrogens with one attached hydrogen (secondary N) is 1. The predicted molar refractivity (Wildman–Crippen MR) is 59.9 cm³/mol. The summed E-state index contributed by atoms with van der Waals surface area (Å²) in [5.41, 5.74) is 4.54. The summed E-state index contributed by atoms with van der Waals surface area (Å²) in [5, 5.41) is 2.89. The lowest BCUT2D eigenvalue weighted by molar-refractivity contribution is -0.138. The number of hydrogen-bond acceptors (Lipinski definition) is 3. The number of alkyl halides is 3. The van der Waals surface area contributed by atoms with Crippen molar-refractivity contribution in [2.75, 3.05) is 13.7 Å². The highest BCUT2D eigenvalue weighted by molar-refractivity contribution is 5.85. The van der Waals surface area contributed by atoms with Crippen molar-refractivity contribution in [1.82, 2.24) is 5.32 Å². The highest BCUT2D eigenvalue weighted by atomic mass is 19.4. The molecule has 1 aliphatic rings. The Morgan fingerprint density at radius 1 is 1.56 bits per heavy atom. The topological polar surface area (TPSA) is 64.3 Å². The summed E-state index contributed by atoms with van der Waals surface area (Å²) in [7, 11) is 1.65. The molecule has 0 radical (unpaired) electrons. The first-order valence-electron chi connectivity index (χ1n) is 5.96. The van der Waals surface area contributed by atoms with Gasteiger partial charge in [-0.05, 0) is 26.3 Å². The number of ether oxygens (including phenoxy) is 1. The van der Waals surface area contributed by atoms with Crippen LogP contribution in [0.3, 0.4) is 0 Å². The molecule has 2 atom stereocenters. The summed E-state index contributed by atoms with van der Waals surface area (Å²) in [5.74, 6) is -0.439. The van der Waals surface area contributed by atoms with E-state index in [0.29, 0.717) is 19.3 Å². The van der Waals surface area contributed by atoms with Gasteiger partial charge in [0.05, 0.1) is 11.6 Å². The first-order chi connectivity index (χ1) is 8.29. The van der Waals surface area contributed by atoms with Gasteiger partial charge in [-0.25, -0.2) is 0 Å². The molecule has 1 amide bonds. The molecule has 0 aromatic carbocycles. The second kappa shape index (κ2) is 5.88. The van der Waals surface area contributed by atoms with E-state index >= 15 is 0 Å². The average Bonchev–Trinajstić information content (AvgIpc) is 2.68. The van der Waals surface area contributed by atoms with Crippen LogP contribution in [0.4, 0.5) is 13.2 Å². The van der Waals surface area contributed by atoms with E-state index in [1.807, 2.05) is 0 Å². The van der Waals surface area contributed by atoms with Crippen molar-refractivity contribution >= 4 is 5.91 Å². The van der Waals surface area contributed by atoms with Crippen molar-refractivity contribution in [1.29, 1.82) is 0 Å². The Hall–Kier alpha value is -0.820. The monoisotopic (exact) mass is 268 g/mol. The highest BCUT2D eigenvalue weighted by Crippen LogP contribution is 2.32. The average molecular weight is 268 g/mol. The number of halogens is 3. The molecule has 7 heteroatoms. The predicted octanol–water partition coefficient (Wildman–Crippen LogP) is 1.34. The van der Waals surface area contributed by atoms with Gasteiger partial charge in [0.15, 0.2) is 0 Å². The largest absolute Gasteiger partial charge is 0.389 e. The van der Waals surface area contributed by atoms with Crippen LogP contribution in [0.15, 0.2) is 0 Å². The zero-order chi connectivity index (χ0) is 13.8. The van der Waals surface area contributed by atoms with Crippen LogP contribution < -0.4 is 11.1 Å². The number of likely N-dealkylation sites (N-methyl/N-ethyl adjacent to an activating group) is 1. The van der Waals surface area contributed by atoms with Crippen molar-refractivity contribution in [2.45, 2.75) is 49.9 Å². The fourth-order valence-electron chi connectivity index (χ4n) is 2.24. The number of primary amides is 1. The minimum Gasteiger partial charge on any atom is -0.378 e. The number of hydrogen-bond donors (Lipinski definition) is 2. The SMILES string of the molecule is CNC1(C(N)=O)CCC(OCCCC(F)(F)F)C1. The molecule has 1 rings (SSSR count). The lowest BCUT2D eigenvalue weighted by Gasteiger charge is -2.24. The Labute approximate surface area is 104 Å². The van der Waals surface area contributed by atoms with Crippen molar-refractivity contribution in [3.8, 4) is 0 Å². The van der Waals surface area contributed by atoms with Crippen molar-refractivity contribution in [3.05, 3.63) is 0 Å². The highest BCUT2D eigenvalue weighted by Gasteiger charge is 2.43. The second-order valence-electron chi connectivity index (χ2n) is 4.65. The third kappa shape index (κ3) is 4.13. The van der Waals surface area contributed by atoms with Gasteiger partial charge in [0.2, 0.25) is 5.91 Å². The van der Waals surface area contributed by atoms with Gasteiger partial charge in [0, 0.05) is 19.4 Å². The van der Waals surface area contributed by atoms with Crippen LogP contribution >= 0.6 is 0 Å². The molecule has 3 N–H and O–H groups in total. The molecule has 106 valence electrons. The van der Waals surface area contributed by atoms with Crippen LogP contribution in [0.5, 0.6) is 0 Å². The van der Waals surface area contributed by atoms with E-state index in [2.05, 4.69) is 5.32 Å². The molecular formula is C11H19F3N2O2. The van der Waals surface area contributed by atoms with Gasteiger partial charge in [0.25, 0.3) is 0 Å².